The molecule has 2 aliphatic rings. The van der Waals surface area contributed by atoms with E-state index in [1.807, 2.05) is 56.3 Å². The summed E-state index contributed by atoms with van der Waals surface area (Å²) >= 11 is 0. The lowest BCUT2D eigenvalue weighted by Crippen LogP contribution is -2.43. The van der Waals surface area contributed by atoms with Crippen molar-refractivity contribution in [2.24, 2.45) is 5.92 Å². The molecule has 270 valence electrons. The first-order chi connectivity index (χ1) is 24.2. The van der Waals surface area contributed by atoms with E-state index in [-0.39, 0.29) is 62.8 Å². The molecule has 0 aliphatic carbocycles. The van der Waals surface area contributed by atoms with Crippen molar-refractivity contribution in [3.63, 3.8) is 0 Å². The first kappa shape index (κ1) is 36.5. The van der Waals surface area contributed by atoms with Gasteiger partial charge in [0.1, 0.15) is 12.4 Å². The van der Waals surface area contributed by atoms with Gasteiger partial charge in [-0.25, -0.2) is 4.98 Å². The number of methoxy groups -OCH3 is 3. The highest BCUT2D eigenvalue weighted by Gasteiger charge is 2.29. The number of hydrogen-bond donors (Lipinski definition) is 1. The fraction of sp³-hybridized carbons (Fsp3) is 0.514. The Morgan fingerprint density at radius 1 is 0.980 bits per heavy atom. The fourth-order valence-corrected chi connectivity index (χ4v) is 6.65. The third-order valence-corrected chi connectivity index (χ3v) is 9.37. The number of aromatic nitrogens is 1. The van der Waals surface area contributed by atoms with Gasteiger partial charge in [0, 0.05) is 101 Å². The summed E-state index contributed by atoms with van der Waals surface area (Å²) in [4.78, 5) is 53.7. The molecule has 13 nitrogen and oxygen atoms in total. The summed E-state index contributed by atoms with van der Waals surface area (Å²) in [7, 11) is 8.55. The zero-order valence-corrected chi connectivity index (χ0v) is 30.1. The van der Waals surface area contributed by atoms with E-state index in [1.165, 1.54) is 0 Å². The van der Waals surface area contributed by atoms with Crippen molar-refractivity contribution in [2.45, 2.75) is 32.7 Å². The minimum atomic E-state index is -0.210. The van der Waals surface area contributed by atoms with Gasteiger partial charge in [0.05, 0.1) is 26.8 Å². The Labute approximate surface area is 294 Å². The summed E-state index contributed by atoms with van der Waals surface area (Å²) in [6.07, 6.45) is 2.04. The molecule has 50 heavy (non-hydrogen) atoms. The van der Waals surface area contributed by atoms with Gasteiger partial charge in [-0.05, 0) is 49.9 Å². The second-order valence-corrected chi connectivity index (χ2v) is 12.9. The highest BCUT2D eigenvalue weighted by atomic mass is 16.5. The lowest BCUT2D eigenvalue weighted by atomic mass is 9.97. The second kappa shape index (κ2) is 16.8. The molecule has 1 N–H and O–H groups in total. The molecule has 1 fully saturated rings. The van der Waals surface area contributed by atoms with Gasteiger partial charge in [0.25, 0.3) is 5.91 Å². The summed E-state index contributed by atoms with van der Waals surface area (Å²) in [6, 6.07) is 11.3. The van der Waals surface area contributed by atoms with Crippen LogP contribution in [0.5, 0.6) is 17.2 Å². The monoisotopic (exact) mass is 690 g/mol. The predicted molar refractivity (Wildman–Crippen MR) is 193 cm³/mol. The van der Waals surface area contributed by atoms with Gasteiger partial charge in [0.15, 0.2) is 11.5 Å². The standard InChI is InChI=1S/C37H50N6O7/c1-7-50-24-33(45)42-17-16-41(37(46)26-11-8-12-28(18-26)40(2)3)15-13-32(44)38-21-25-10-9-14-43(22-25)36-27(23-42)19-29-30(39-36)20-31(47-4)35(49-6)34(29)48-5/h8,11-12,18-20,25H,7,9-10,13-17,21-24H2,1-6H3,(H,38,44). The van der Waals surface area contributed by atoms with E-state index in [2.05, 4.69) is 10.2 Å². The van der Waals surface area contributed by atoms with Gasteiger partial charge in [-0.1, -0.05) is 6.07 Å². The quantitative estimate of drug-likeness (QED) is 0.375. The van der Waals surface area contributed by atoms with E-state index in [0.717, 1.165) is 41.8 Å². The lowest BCUT2D eigenvalue weighted by molar-refractivity contribution is -0.136. The number of piperidine rings is 1. The molecule has 3 amide bonds. The van der Waals surface area contributed by atoms with Crippen molar-refractivity contribution in [3.8, 4) is 17.2 Å². The average molecular weight is 691 g/mol. The molecule has 2 aromatic carbocycles. The largest absolute Gasteiger partial charge is 0.493 e. The lowest BCUT2D eigenvalue weighted by Gasteiger charge is -2.35. The number of benzene rings is 2. The van der Waals surface area contributed by atoms with Crippen LogP contribution in [-0.4, -0.2) is 120 Å². The molecule has 1 aromatic heterocycles. The normalized spacial score (nSPS) is 17.3. The van der Waals surface area contributed by atoms with Gasteiger partial charge in [0.2, 0.25) is 17.6 Å². The SMILES string of the molecule is CCOCC(=O)N1CCN(C(=O)c2cccc(N(C)C)c2)CCC(=O)NCC2CCCN(C2)c2nc3cc(OC)c(OC)c(OC)c3cc2C1. The average Bonchev–Trinajstić information content (AvgIpc) is 3.14. The van der Waals surface area contributed by atoms with E-state index < -0.39 is 0 Å². The van der Waals surface area contributed by atoms with Crippen LogP contribution in [-0.2, 0) is 20.9 Å². The van der Waals surface area contributed by atoms with E-state index >= 15 is 0 Å². The Morgan fingerprint density at radius 3 is 2.48 bits per heavy atom. The molecular weight excluding hydrogens is 640 g/mol. The maximum Gasteiger partial charge on any atom is 0.254 e. The van der Waals surface area contributed by atoms with E-state index in [0.29, 0.717) is 48.0 Å². The van der Waals surface area contributed by atoms with Crippen molar-refractivity contribution in [3.05, 3.63) is 47.5 Å². The first-order valence-electron chi connectivity index (χ1n) is 17.2. The molecule has 13 heteroatoms. The second-order valence-electron chi connectivity index (χ2n) is 12.9. The molecule has 1 atom stereocenters. The number of anilines is 2. The van der Waals surface area contributed by atoms with Gasteiger partial charge >= 0.3 is 0 Å². The van der Waals surface area contributed by atoms with Crippen molar-refractivity contribution < 1.29 is 33.3 Å². The fourth-order valence-electron chi connectivity index (χ4n) is 6.65. The van der Waals surface area contributed by atoms with Gasteiger partial charge < -0.3 is 43.9 Å². The Bertz CT molecular complexity index is 1680. The maximum absolute atomic E-state index is 14.0. The van der Waals surface area contributed by atoms with Crippen LogP contribution in [0.1, 0.15) is 42.1 Å². The van der Waals surface area contributed by atoms with Crippen LogP contribution < -0.4 is 29.3 Å². The van der Waals surface area contributed by atoms with E-state index in [4.69, 9.17) is 23.9 Å². The third kappa shape index (κ3) is 8.32. The molecule has 3 aromatic rings. The van der Waals surface area contributed by atoms with Crippen LogP contribution in [0, 0.1) is 5.92 Å². The molecule has 1 saturated heterocycles. The zero-order valence-electron chi connectivity index (χ0n) is 30.1. The van der Waals surface area contributed by atoms with Crippen molar-refractivity contribution >= 4 is 40.1 Å². The van der Waals surface area contributed by atoms with Crippen molar-refractivity contribution in [1.82, 2.24) is 20.1 Å². The Kier molecular flexibility index (Phi) is 12.2. The predicted octanol–water partition coefficient (Wildman–Crippen LogP) is 3.57. The molecule has 0 radical (unpaired) electrons. The molecule has 1 unspecified atom stereocenters. The number of rotatable bonds is 8. The summed E-state index contributed by atoms with van der Waals surface area (Å²) in [5.74, 6) is 1.85. The van der Waals surface area contributed by atoms with Gasteiger partial charge in [-0.3, -0.25) is 14.4 Å². The number of carbonyl (C=O) groups excluding carboxylic acids is 3. The van der Waals surface area contributed by atoms with Crippen LogP contribution >= 0.6 is 0 Å². The minimum Gasteiger partial charge on any atom is -0.493 e. The van der Waals surface area contributed by atoms with Gasteiger partial charge in [-0.2, -0.15) is 0 Å². The summed E-state index contributed by atoms with van der Waals surface area (Å²) < 4.78 is 22.7. The molecule has 0 spiro atoms. The number of ether oxygens (including phenoxy) is 4. The molecule has 3 heterocycles. The number of amides is 3. The molecular formula is C37H50N6O7. The number of nitrogens with zero attached hydrogens (tertiary/aromatic N) is 5. The van der Waals surface area contributed by atoms with E-state index in [1.54, 1.807) is 37.2 Å². The molecule has 2 bridgehead atoms. The number of hydrogen-bond acceptors (Lipinski definition) is 10. The number of pyridine rings is 1. The summed E-state index contributed by atoms with van der Waals surface area (Å²) in [6.45, 7) is 4.99. The molecule has 2 aliphatic heterocycles. The smallest absolute Gasteiger partial charge is 0.254 e. The van der Waals surface area contributed by atoms with Crippen LogP contribution in [0.25, 0.3) is 10.9 Å². The highest BCUT2D eigenvalue weighted by molar-refractivity contribution is 5.95. The number of nitrogens with one attached hydrogen (secondary N) is 1. The summed E-state index contributed by atoms with van der Waals surface area (Å²) in [5.41, 5.74) is 2.89. The molecule has 5 rings (SSSR count). The Morgan fingerprint density at radius 2 is 1.76 bits per heavy atom. The van der Waals surface area contributed by atoms with Crippen LogP contribution in [0.2, 0.25) is 0 Å². The number of fused-ring (bicyclic) bond motifs is 5. The van der Waals surface area contributed by atoms with Crippen LogP contribution in [0.3, 0.4) is 0 Å². The minimum absolute atomic E-state index is 0.103. The highest BCUT2D eigenvalue weighted by Crippen LogP contribution is 2.44. The van der Waals surface area contributed by atoms with E-state index in [9.17, 15) is 14.4 Å². The van der Waals surface area contributed by atoms with Crippen LogP contribution in [0.15, 0.2) is 36.4 Å². The maximum atomic E-state index is 14.0. The first-order valence-corrected chi connectivity index (χ1v) is 17.2. The zero-order chi connectivity index (χ0) is 35.8. The summed E-state index contributed by atoms with van der Waals surface area (Å²) in [5, 5.41) is 3.84. The third-order valence-electron chi connectivity index (χ3n) is 9.37. The topological polar surface area (TPSA) is 126 Å². The van der Waals surface area contributed by atoms with Crippen molar-refractivity contribution in [2.75, 3.05) is 97.7 Å². The van der Waals surface area contributed by atoms with Gasteiger partial charge in [-0.15, -0.1) is 0 Å². The molecule has 0 saturated carbocycles. The Balaban J connectivity index is 1.60. The van der Waals surface area contributed by atoms with Crippen molar-refractivity contribution in [1.29, 1.82) is 0 Å². The Hall–Kier alpha value is -4.78. The van der Waals surface area contributed by atoms with Crippen LogP contribution in [0.4, 0.5) is 11.5 Å². The number of carbonyl (C=O) groups is 3.